The van der Waals surface area contributed by atoms with Gasteiger partial charge in [-0.05, 0) is 86.1 Å². The highest BCUT2D eigenvalue weighted by molar-refractivity contribution is 6.36. The van der Waals surface area contributed by atoms with Crippen LogP contribution in [0.15, 0.2) is 42.6 Å². The number of nitrogens with one attached hydrogen (secondary N) is 1. The van der Waals surface area contributed by atoms with Crippen LogP contribution in [0.25, 0.3) is 16.5 Å². The van der Waals surface area contributed by atoms with Crippen molar-refractivity contribution in [3.8, 4) is 0 Å². The molecule has 3 aromatic rings. The van der Waals surface area contributed by atoms with Crippen molar-refractivity contribution in [2.75, 3.05) is 0 Å². The summed E-state index contributed by atoms with van der Waals surface area (Å²) in [5, 5.41) is 9.02. The number of amides is 1. The van der Waals surface area contributed by atoms with Crippen LogP contribution in [0.3, 0.4) is 0 Å². The fourth-order valence-corrected chi connectivity index (χ4v) is 6.28. The van der Waals surface area contributed by atoms with E-state index in [9.17, 15) is 9.18 Å². The van der Waals surface area contributed by atoms with E-state index in [0.29, 0.717) is 33.6 Å². The molecule has 1 aromatic heterocycles. The van der Waals surface area contributed by atoms with Crippen molar-refractivity contribution < 1.29 is 9.18 Å². The van der Waals surface area contributed by atoms with Gasteiger partial charge in [-0.3, -0.25) is 9.48 Å². The van der Waals surface area contributed by atoms with Gasteiger partial charge in [0.05, 0.1) is 28.8 Å². The molecule has 0 radical (unpaired) electrons. The summed E-state index contributed by atoms with van der Waals surface area (Å²) in [5.74, 6) is -0.290. The zero-order valence-corrected chi connectivity index (χ0v) is 20.0. The third-order valence-corrected chi connectivity index (χ3v) is 8.43. The lowest BCUT2D eigenvalue weighted by Crippen LogP contribution is -2.53. The predicted octanol–water partition coefficient (Wildman–Crippen LogP) is 6.90. The molecule has 34 heavy (non-hydrogen) atoms. The normalized spacial score (nSPS) is 19.5. The molecule has 4 nitrogen and oxygen atoms in total. The molecule has 0 atom stereocenters. The van der Waals surface area contributed by atoms with Crippen LogP contribution < -0.4 is 5.32 Å². The minimum Gasteiger partial charge on any atom is -0.349 e. The number of carbonyl (C=O) groups is 1. The molecular weight excluding hydrogens is 449 g/mol. The Labute approximate surface area is 204 Å². The number of hydrogen-bond donors (Lipinski definition) is 1. The lowest BCUT2D eigenvalue weighted by molar-refractivity contribution is -0.000604. The van der Waals surface area contributed by atoms with Crippen molar-refractivity contribution in [3.63, 3.8) is 0 Å². The maximum Gasteiger partial charge on any atom is 0.253 e. The molecular formula is C28H29ClFN3O. The number of rotatable bonds is 5. The van der Waals surface area contributed by atoms with Gasteiger partial charge in [-0.2, -0.15) is 5.10 Å². The third-order valence-electron chi connectivity index (χ3n) is 8.10. The van der Waals surface area contributed by atoms with Gasteiger partial charge in [0, 0.05) is 17.0 Å². The van der Waals surface area contributed by atoms with E-state index in [-0.39, 0.29) is 17.8 Å². The highest BCUT2D eigenvalue weighted by Gasteiger charge is 2.48. The average Bonchev–Trinajstić information content (AvgIpc) is 3.20. The van der Waals surface area contributed by atoms with E-state index in [4.69, 9.17) is 11.6 Å². The van der Waals surface area contributed by atoms with Crippen LogP contribution in [0.4, 0.5) is 4.39 Å². The van der Waals surface area contributed by atoms with E-state index in [1.54, 1.807) is 29.1 Å². The Hall–Kier alpha value is -2.66. The Balaban J connectivity index is 1.26. The van der Waals surface area contributed by atoms with Crippen LogP contribution in [0.5, 0.6) is 0 Å². The zero-order valence-electron chi connectivity index (χ0n) is 19.2. The maximum absolute atomic E-state index is 15.0. The van der Waals surface area contributed by atoms with E-state index >= 15 is 0 Å². The van der Waals surface area contributed by atoms with E-state index < -0.39 is 0 Å². The molecule has 2 fully saturated rings. The monoisotopic (exact) mass is 477 g/mol. The van der Waals surface area contributed by atoms with Crippen LogP contribution in [-0.4, -0.2) is 21.7 Å². The highest BCUT2D eigenvalue weighted by Crippen LogP contribution is 2.55. The molecule has 1 heterocycles. The van der Waals surface area contributed by atoms with E-state index in [0.717, 1.165) is 48.6 Å². The molecule has 176 valence electrons. The fourth-order valence-electron chi connectivity index (χ4n) is 6.08. The fraction of sp³-hybridized carbons (Fsp3) is 0.429. The molecule has 2 saturated carbocycles. The molecule has 2 aromatic carbocycles. The van der Waals surface area contributed by atoms with Gasteiger partial charge in [0.2, 0.25) is 0 Å². The number of halogens is 2. The number of allylic oxidation sites excluding steroid dienone is 2. The molecule has 1 amide bonds. The van der Waals surface area contributed by atoms with Crippen molar-refractivity contribution in [1.82, 2.24) is 15.1 Å². The minimum absolute atomic E-state index is 0.0895. The largest absolute Gasteiger partial charge is 0.349 e. The average molecular weight is 478 g/mol. The van der Waals surface area contributed by atoms with Crippen molar-refractivity contribution >= 4 is 34.0 Å². The molecule has 0 unspecified atom stereocenters. The molecule has 0 bridgehead atoms. The lowest BCUT2D eigenvalue weighted by Gasteiger charge is -2.54. The first kappa shape index (κ1) is 21.8. The summed E-state index contributed by atoms with van der Waals surface area (Å²) < 4.78 is 16.7. The standard InChI is InChI=1S/C28H29ClFN3O/c29-24-10-9-22(27(34)32-20-14-28(15-20)11-4-12-28)26-23(24)16-31-33(26)17-18-7-8-21(25(30)13-18)19-5-2-1-3-6-19/h5,7-10,13,16,20H,1-4,6,11-12,14-15,17H2,(H,32,34). The number of aromatic nitrogens is 2. The minimum atomic E-state index is -0.201. The number of nitrogens with zero attached hydrogens (tertiary/aromatic N) is 2. The van der Waals surface area contributed by atoms with Crippen molar-refractivity contribution in [2.45, 2.75) is 70.4 Å². The Kier molecular flexibility index (Phi) is 5.48. The zero-order chi connectivity index (χ0) is 23.3. The molecule has 0 saturated heterocycles. The molecule has 0 aliphatic heterocycles. The number of fused-ring (bicyclic) bond motifs is 1. The van der Waals surface area contributed by atoms with Gasteiger partial charge in [0.25, 0.3) is 5.91 Å². The first-order valence-electron chi connectivity index (χ1n) is 12.4. The van der Waals surface area contributed by atoms with Crippen molar-refractivity contribution in [2.24, 2.45) is 5.41 Å². The summed E-state index contributed by atoms with van der Waals surface area (Å²) in [7, 11) is 0. The van der Waals surface area contributed by atoms with Gasteiger partial charge in [-0.15, -0.1) is 0 Å². The molecule has 6 rings (SSSR count). The predicted molar refractivity (Wildman–Crippen MR) is 133 cm³/mol. The van der Waals surface area contributed by atoms with Gasteiger partial charge < -0.3 is 5.32 Å². The van der Waals surface area contributed by atoms with Crippen molar-refractivity contribution in [1.29, 1.82) is 0 Å². The molecule has 1 N–H and O–H groups in total. The van der Waals surface area contributed by atoms with Crippen molar-refractivity contribution in [3.05, 3.63) is 70.1 Å². The topological polar surface area (TPSA) is 46.9 Å². The van der Waals surface area contributed by atoms with Gasteiger partial charge in [0.15, 0.2) is 0 Å². The van der Waals surface area contributed by atoms with Crippen LogP contribution in [0.2, 0.25) is 5.02 Å². The quantitative estimate of drug-likeness (QED) is 0.434. The summed E-state index contributed by atoms with van der Waals surface area (Å²) in [6.45, 7) is 0.368. The Morgan fingerprint density at radius 3 is 2.74 bits per heavy atom. The summed E-state index contributed by atoms with van der Waals surface area (Å²) >= 11 is 6.44. The maximum atomic E-state index is 15.0. The number of benzene rings is 2. The summed E-state index contributed by atoms with van der Waals surface area (Å²) in [5.41, 5.74) is 4.36. The van der Waals surface area contributed by atoms with Crippen LogP contribution in [0, 0.1) is 11.2 Å². The van der Waals surface area contributed by atoms with Gasteiger partial charge in [-0.25, -0.2) is 4.39 Å². The smallest absolute Gasteiger partial charge is 0.253 e. The second-order valence-corrected chi connectivity index (χ2v) is 10.8. The Bertz CT molecular complexity index is 1300. The summed E-state index contributed by atoms with van der Waals surface area (Å²) in [6.07, 6.45) is 14.2. The second kappa shape index (κ2) is 8.53. The van der Waals surface area contributed by atoms with Crippen LogP contribution >= 0.6 is 11.6 Å². The molecule has 6 heteroatoms. The Morgan fingerprint density at radius 1 is 1.18 bits per heavy atom. The van der Waals surface area contributed by atoms with Gasteiger partial charge >= 0.3 is 0 Å². The second-order valence-electron chi connectivity index (χ2n) is 10.4. The van der Waals surface area contributed by atoms with E-state index in [2.05, 4.69) is 16.5 Å². The first-order chi connectivity index (χ1) is 16.5. The van der Waals surface area contributed by atoms with Crippen LogP contribution in [-0.2, 0) is 6.54 Å². The number of carbonyl (C=O) groups excluding carboxylic acids is 1. The van der Waals surface area contributed by atoms with E-state index in [1.165, 1.54) is 25.7 Å². The first-order valence-corrected chi connectivity index (χ1v) is 12.8. The number of hydrogen-bond acceptors (Lipinski definition) is 2. The van der Waals surface area contributed by atoms with Gasteiger partial charge in [0.1, 0.15) is 5.82 Å². The molecule has 3 aliphatic carbocycles. The molecule has 1 spiro atoms. The Morgan fingerprint density at radius 2 is 2.03 bits per heavy atom. The summed E-state index contributed by atoms with van der Waals surface area (Å²) in [4.78, 5) is 13.2. The SMILES string of the molecule is O=C(NC1CC2(CCC2)C1)c1ccc(Cl)c2cnn(Cc3ccc(C4=CCCCC4)c(F)c3)c12. The third kappa shape index (κ3) is 3.84. The highest BCUT2D eigenvalue weighted by atomic mass is 35.5. The summed E-state index contributed by atoms with van der Waals surface area (Å²) in [6, 6.07) is 9.19. The molecule has 3 aliphatic rings. The van der Waals surface area contributed by atoms with Gasteiger partial charge in [-0.1, -0.05) is 36.2 Å². The lowest BCUT2D eigenvalue weighted by atomic mass is 9.54. The van der Waals surface area contributed by atoms with E-state index in [1.807, 2.05) is 12.1 Å². The van der Waals surface area contributed by atoms with Crippen LogP contribution in [0.1, 0.15) is 79.3 Å².